The third-order valence-electron chi connectivity index (χ3n) is 2.90. The molecule has 0 fully saturated rings. The quantitative estimate of drug-likeness (QED) is 0.922. The molecule has 0 spiro atoms. The number of nitrogens with one attached hydrogen (secondary N) is 1. The molecule has 0 radical (unpaired) electrons. The largest absolute Gasteiger partial charge is 0.350 e. The van der Waals surface area contributed by atoms with E-state index in [1.807, 2.05) is 33.4 Å². The zero-order valence-electron chi connectivity index (χ0n) is 11.1. The summed E-state index contributed by atoms with van der Waals surface area (Å²) in [6.07, 6.45) is 5.41. The maximum absolute atomic E-state index is 12.0. The molecule has 19 heavy (non-hydrogen) atoms. The van der Waals surface area contributed by atoms with Crippen LogP contribution in [0.4, 0.5) is 0 Å². The molecule has 1 N–H and O–H groups in total. The van der Waals surface area contributed by atoms with E-state index in [1.165, 1.54) is 0 Å². The number of halogens is 1. The van der Waals surface area contributed by atoms with Crippen molar-refractivity contribution in [3.05, 3.63) is 34.3 Å². The summed E-state index contributed by atoms with van der Waals surface area (Å²) < 4.78 is 4.29. The number of hydrogen-bond acceptors (Lipinski definition) is 3. The highest BCUT2D eigenvalue weighted by molar-refractivity contribution is 9.10. The van der Waals surface area contributed by atoms with Gasteiger partial charge in [0.25, 0.3) is 0 Å². The topological polar surface area (TPSA) is 64.7 Å². The summed E-state index contributed by atoms with van der Waals surface area (Å²) in [5.74, 6) is -0.262. The normalized spacial score (nSPS) is 12.4. The van der Waals surface area contributed by atoms with E-state index in [0.29, 0.717) is 6.54 Å². The van der Waals surface area contributed by atoms with Crippen LogP contribution in [0.25, 0.3) is 0 Å². The first-order valence-corrected chi connectivity index (χ1v) is 6.71. The van der Waals surface area contributed by atoms with Gasteiger partial charge < -0.3 is 5.32 Å². The van der Waals surface area contributed by atoms with Crippen molar-refractivity contribution in [1.82, 2.24) is 24.9 Å². The van der Waals surface area contributed by atoms with Gasteiger partial charge in [0.15, 0.2) is 0 Å². The number of rotatable bonds is 4. The molecule has 2 rings (SSSR count). The number of aromatic nitrogens is 4. The van der Waals surface area contributed by atoms with Gasteiger partial charge in [0.2, 0.25) is 5.91 Å². The van der Waals surface area contributed by atoms with E-state index >= 15 is 0 Å². The first kappa shape index (κ1) is 13.8. The monoisotopic (exact) mass is 325 g/mol. The average Bonchev–Trinajstić information content (AvgIpc) is 2.91. The van der Waals surface area contributed by atoms with Gasteiger partial charge in [-0.15, -0.1) is 0 Å². The van der Waals surface area contributed by atoms with Gasteiger partial charge in [-0.3, -0.25) is 14.2 Å². The van der Waals surface area contributed by atoms with Crippen LogP contribution < -0.4 is 5.32 Å². The highest BCUT2D eigenvalue weighted by Crippen LogP contribution is 2.16. The van der Waals surface area contributed by atoms with Crippen LogP contribution in [0.1, 0.15) is 24.1 Å². The summed E-state index contributed by atoms with van der Waals surface area (Å²) in [7, 11) is 3.67. The van der Waals surface area contributed by atoms with Crippen molar-refractivity contribution in [1.29, 1.82) is 0 Å². The van der Waals surface area contributed by atoms with Gasteiger partial charge in [-0.05, 0) is 22.9 Å². The number of carbonyl (C=O) groups is 1. The molecule has 2 aromatic rings. The fraction of sp³-hybridized carbons (Fsp3) is 0.417. The average molecular weight is 326 g/mol. The van der Waals surface area contributed by atoms with Gasteiger partial charge in [0, 0.05) is 32.1 Å². The molecule has 0 aliphatic rings. The SMILES string of the molecule is CC(C(=O)NCc1nn(C)cc1Br)c1cnn(C)c1. The highest BCUT2D eigenvalue weighted by atomic mass is 79.9. The molecule has 1 atom stereocenters. The molecule has 0 aliphatic heterocycles. The molecule has 102 valence electrons. The second-order valence-electron chi connectivity index (χ2n) is 4.48. The van der Waals surface area contributed by atoms with E-state index in [1.54, 1.807) is 15.6 Å². The lowest BCUT2D eigenvalue weighted by Gasteiger charge is -2.09. The molecule has 0 aromatic carbocycles. The molecule has 7 heteroatoms. The van der Waals surface area contributed by atoms with Crippen LogP contribution in [0.15, 0.2) is 23.1 Å². The number of amides is 1. The van der Waals surface area contributed by atoms with Crippen molar-refractivity contribution in [2.24, 2.45) is 14.1 Å². The first-order valence-electron chi connectivity index (χ1n) is 5.91. The third-order valence-corrected chi connectivity index (χ3v) is 3.56. The van der Waals surface area contributed by atoms with Gasteiger partial charge >= 0.3 is 0 Å². The van der Waals surface area contributed by atoms with Gasteiger partial charge in [-0.2, -0.15) is 10.2 Å². The van der Waals surface area contributed by atoms with Crippen LogP contribution in [-0.2, 0) is 25.4 Å². The van der Waals surface area contributed by atoms with E-state index in [-0.39, 0.29) is 11.8 Å². The van der Waals surface area contributed by atoms with Crippen molar-refractivity contribution in [2.45, 2.75) is 19.4 Å². The molecular formula is C12H16BrN5O. The smallest absolute Gasteiger partial charge is 0.227 e. The summed E-state index contributed by atoms with van der Waals surface area (Å²) in [6, 6.07) is 0. The van der Waals surface area contributed by atoms with Crippen molar-refractivity contribution >= 4 is 21.8 Å². The molecule has 2 aromatic heterocycles. The van der Waals surface area contributed by atoms with Crippen LogP contribution in [0.3, 0.4) is 0 Å². The second-order valence-corrected chi connectivity index (χ2v) is 5.34. The Bertz CT molecular complexity index is 589. The molecule has 1 amide bonds. The van der Waals surface area contributed by atoms with Gasteiger partial charge in [0.05, 0.1) is 28.8 Å². The Labute approximate surface area is 119 Å². The summed E-state index contributed by atoms with van der Waals surface area (Å²) >= 11 is 3.40. The van der Waals surface area contributed by atoms with Crippen molar-refractivity contribution in [3.8, 4) is 0 Å². The van der Waals surface area contributed by atoms with E-state index in [9.17, 15) is 4.79 Å². The van der Waals surface area contributed by atoms with Crippen LogP contribution in [0, 0.1) is 0 Å². The van der Waals surface area contributed by atoms with Crippen LogP contribution in [0.2, 0.25) is 0 Å². The standard InChI is InChI=1S/C12H16BrN5O/c1-8(9-4-15-17(2)6-9)12(19)14-5-11-10(13)7-18(3)16-11/h4,6-8H,5H2,1-3H3,(H,14,19). The predicted molar refractivity (Wildman–Crippen MR) is 74.4 cm³/mol. The molecule has 6 nitrogen and oxygen atoms in total. The van der Waals surface area contributed by atoms with Crippen LogP contribution >= 0.6 is 15.9 Å². The Balaban J connectivity index is 1.96. The van der Waals surface area contributed by atoms with Crippen molar-refractivity contribution in [2.75, 3.05) is 0 Å². The van der Waals surface area contributed by atoms with Crippen molar-refractivity contribution < 1.29 is 4.79 Å². The minimum atomic E-state index is -0.226. The summed E-state index contributed by atoms with van der Waals surface area (Å²) in [5, 5.41) is 11.2. The summed E-state index contributed by atoms with van der Waals surface area (Å²) in [5.41, 5.74) is 1.72. The van der Waals surface area contributed by atoms with Gasteiger partial charge in [-0.25, -0.2) is 0 Å². The fourth-order valence-corrected chi connectivity index (χ4v) is 2.28. The number of nitrogens with zero attached hydrogens (tertiary/aromatic N) is 4. The van der Waals surface area contributed by atoms with E-state index in [2.05, 4.69) is 31.4 Å². The molecule has 1 unspecified atom stereocenters. The minimum Gasteiger partial charge on any atom is -0.350 e. The molecule has 0 saturated carbocycles. The lowest BCUT2D eigenvalue weighted by molar-refractivity contribution is -0.122. The molecular weight excluding hydrogens is 310 g/mol. The minimum absolute atomic E-state index is 0.0365. The van der Waals surface area contributed by atoms with Gasteiger partial charge in [0.1, 0.15) is 0 Å². The third kappa shape index (κ3) is 3.23. The highest BCUT2D eigenvalue weighted by Gasteiger charge is 2.17. The maximum Gasteiger partial charge on any atom is 0.227 e. The van der Waals surface area contributed by atoms with Crippen molar-refractivity contribution in [3.63, 3.8) is 0 Å². The van der Waals surface area contributed by atoms with Crippen LogP contribution in [-0.4, -0.2) is 25.5 Å². The maximum atomic E-state index is 12.0. The number of aryl methyl sites for hydroxylation is 2. The second kappa shape index (κ2) is 5.56. The zero-order valence-corrected chi connectivity index (χ0v) is 12.7. The van der Waals surface area contributed by atoms with Gasteiger partial charge in [-0.1, -0.05) is 0 Å². The Morgan fingerprint density at radius 3 is 2.68 bits per heavy atom. The Kier molecular flexibility index (Phi) is 4.04. The zero-order chi connectivity index (χ0) is 14.0. The Morgan fingerprint density at radius 2 is 2.16 bits per heavy atom. The van der Waals surface area contributed by atoms with Crippen LogP contribution in [0.5, 0.6) is 0 Å². The first-order chi connectivity index (χ1) is 8.97. The van der Waals surface area contributed by atoms with E-state index < -0.39 is 0 Å². The Hall–Kier alpha value is -1.63. The fourth-order valence-electron chi connectivity index (χ4n) is 1.76. The number of carbonyl (C=O) groups excluding carboxylic acids is 1. The summed E-state index contributed by atoms with van der Waals surface area (Å²) in [6.45, 7) is 2.27. The van der Waals surface area contributed by atoms with E-state index in [4.69, 9.17) is 0 Å². The lowest BCUT2D eigenvalue weighted by atomic mass is 10.0. The molecule has 0 aliphatic carbocycles. The molecule has 0 bridgehead atoms. The predicted octanol–water partition coefficient (Wildman–Crippen LogP) is 1.34. The molecule has 2 heterocycles. The van der Waals surface area contributed by atoms with E-state index in [0.717, 1.165) is 15.7 Å². The molecule has 0 saturated heterocycles. The number of hydrogen-bond donors (Lipinski definition) is 1. The Morgan fingerprint density at radius 1 is 1.42 bits per heavy atom. The lowest BCUT2D eigenvalue weighted by Crippen LogP contribution is -2.27. The summed E-state index contributed by atoms with van der Waals surface area (Å²) in [4.78, 5) is 12.0.